The molecule has 2 heterocycles. The van der Waals surface area contributed by atoms with Gasteiger partial charge in [0.1, 0.15) is 24.0 Å². The molecule has 1 N–H and O–H groups in total. The van der Waals surface area contributed by atoms with Gasteiger partial charge < -0.3 is 19.7 Å². The second-order valence-electron chi connectivity index (χ2n) is 8.33. The quantitative estimate of drug-likeness (QED) is 0.521. The van der Waals surface area contributed by atoms with Gasteiger partial charge in [-0.2, -0.15) is 0 Å². The SMILES string of the molecule is CCC1[C@H](CN(C)C)OC(=O)N1c1cc2c(Nc3cccc(Cl)c3C)ncnc2cc1OC. The summed E-state index contributed by atoms with van der Waals surface area (Å²) in [4.78, 5) is 25.5. The first-order valence-electron chi connectivity index (χ1n) is 10.8. The van der Waals surface area contributed by atoms with Crippen LogP contribution in [-0.2, 0) is 4.74 Å². The Kier molecular flexibility index (Phi) is 6.58. The summed E-state index contributed by atoms with van der Waals surface area (Å²) in [6.07, 6.45) is 1.61. The average Bonchev–Trinajstić information content (AvgIpc) is 3.09. The lowest BCUT2D eigenvalue weighted by atomic mass is 10.1. The van der Waals surface area contributed by atoms with E-state index in [0.29, 0.717) is 34.3 Å². The molecule has 1 saturated heterocycles. The minimum Gasteiger partial charge on any atom is -0.494 e. The standard InChI is InChI=1S/C24H28ClN5O3/c1-6-19-22(12-29(3)4)33-24(31)30(19)20-10-15-18(11-21(20)32-5)26-13-27-23(15)28-17-9-7-8-16(25)14(17)2/h7-11,13,19,22H,6,12H2,1-5H3,(H,26,27,28)/t19?,22-/m0/s1. The lowest BCUT2D eigenvalue weighted by molar-refractivity contribution is 0.111. The molecule has 2 aromatic carbocycles. The van der Waals surface area contributed by atoms with E-state index in [0.717, 1.165) is 23.1 Å². The van der Waals surface area contributed by atoms with Crippen LogP contribution in [0.3, 0.4) is 0 Å². The Labute approximate surface area is 198 Å². The molecule has 1 aliphatic heterocycles. The zero-order valence-electron chi connectivity index (χ0n) is 19.4. The van der Waals surface area contributed by atoms with Crippen LogP contribution in [0.5, 0.6) is 5.75 Å². The number of nitrogens with one attached hydrogen (secondary N) is 1. The summed E-state index contributed by atoms with van der Waals surface area (Å²) in [6.45, 7) is 4.63. The highest BCUT2D eigenvalue weighted by molar-refractivity contribution is 6.31. The summed E-state index contributed by atoms with van der Waals surface area (Å²) >= 11 is 6.30. The molecule has 1 unspecified atom stereocenters. The van der Waals surface area contributed by atoms with Crippen molar-refractivity contribution >= 4 is 45.8 Å². The maximum atomic E-state index is 13.0. The lowest BCUT2D eigenvalue weighted by Gasteiger charge is -2.26. The second kappa shape index (κ2) is 9.41. The predicted molar refractivity (Wildman–Crippen MR) is 131 cm³/mol. The van der Waals surface area contributed by atoms with E-state index < -0.39 is 0 Å². The maximum absolute atomic E-state index is 13.0. The van der Waals surface area contributed by atoms with Crippen LogP contribution in [0.4, 0.5) is 22.0 Å². The van der Waals surface area contributed by atoms with Gasteiger partial charge in [0.15, 0.2) is 0 Å². The summed E-state index contributed by atoms with van der Waals surface area (Å²) in [5.74, 6) is 1.16. The zero-order valence-corrected chi connectivity index (χ0v) is 20.2. The molecule has 1 fully saturated rings. The highest BCUT2D eigenvalue weighted by Gasteiger charge is 2.43. The number of methoxy groups -OCH3 is 1. The van der Waals surface area contributed by atoms with Crippen LogP contribution in [-0.4, -0.2) is 60.9 Å². The fourth-order valence-corrected chi connectivity index (χ4v) is 4.38. The first kappa shape index (κ1) is 23.1. The molecule has 0 radical (unpaired) electrons. The molecule has 2 atom stereocenters. The van der Waals surface area contributed by atoms with Gasteiger partial charge in [-0.05, 0) is 51.2 Å². The number of carbonyl (C=O) groups excluding carboxylic acids is 1. The summed E-state index contributed by atoms with van der Waals surface area (Å²) in [5.41, 5.74) is 3.08. The normalized spacial score (nSPS) is 18.2. The Morgan fingerprint density at radius 3 is 2.76 bits per heavy atom. The van der Waals surface area contributed by atoms with E-state index in [1.165, 1.54) is 6.33 Å². The first-order valence-corrected chi connectivity index (χ1v) is 11.2. The molecule has 9 heteroatoms. The van der Waals surface area contributed by atoms with Crippen molar-refractivity contribution in [2.75, 3.05) is 38.0 Å². The molecular weight excluding hydrogens is 442 g/mol. The van der Waals surface area contributed by atoms with Crippen LogP contribution in [0.1, 0.15) is 18.9 Å². The number of anilines is 3. The van der Waals surface area contributed by atoms with Crippen molar-refractivity contribution in [3.63, 3.8) is 0 Å². The van der Waals surface area contributed by atoms with Crippen molar-refractivity contribution in [2.24, 2.45) is 0 Å². The number of aromatic nitrogens is 2. The number of rotatable bonds is 7. The molecule has 3 aromatic rings. The van der Waals surface area contributed by atoms with E-state index in [9.17, 15) is 4.79 Å². The minimum absolute atomic E-state index is 0.123. The van der Waals surface area contributed by atoms with Crippen molar-refractivity contribution < 1.29 is 14.3 Å². The van der Waals surface area contributed by atoms with Gasteiger partial charge >= 0.3 is 6.09 Å². The molecule has 4 rings (SSSR count). The largest absolute Gasteiger partial charge is 0.494 e. The maximum Gasteiger partial charge on any atom is 0.415 e. The number of amides is 1. The minimum atomic E-state index is -0.386. The highest BCUT2D eigenvalue weighted by Crippen LogP contribution is 2.40. The fourth-order valence-electron chi connectivity index (χ4n) is 4.20. The topological polar surface area (TPSA) is 79.8 Å². The first-order chi connectivity index (χ1) is 15.8. The Morgan fingerprint density at radius 2 is 2.06 bits per heavy atom. The Hall–Kier alpha value is -3.10. The van der Waals surface area contributed by atoms with Crippen LogP contribution >= 0.6 is 11.6 Å². The number of likely N-dealkylation sites (N-methyl/N-ethyl adjacent to an activating group) is 1. The van der Waals surface area contributed by atoms with Gasteiger partial charge in [0, 0.05) is 28.7 Å². The summed E-state index contributed by atoms with van der Waals surface area (Å²) in [7, 11) is 5.51. The monoisotopic (exact) mass is 469 g/mol. The Bertz CT molecular complexity index is 1190. The molecule has 0 aliphatic carbocycles. The molecule has 8 nitrogen and oxygen atoms in total. The van der Waals surface area contributed by atoms with Gasteiger partial charge in [-0.1, -0.05) is 24.6 Å². The van der Waals surface area contributed by atoms with Crippen molar-refractivity contribution in [1.29, 1.82) is 0 Å². The van der Waals surface area contributed by atoms with E-state index in [4.69, 9.17) is 21.1 Å². The van der Waals surface area contributed by atoms with E-state index in [-0.39, 0.29) is 18.2 Å². The Morgan fingerprint density at radius 1 is 1.27 bits per heavy atom. The highest BCUT2D eigenvalue weighted by atomic mass is 35.5. The number of ether oxygens (including phenoxy) is 2. The smallest absolute Gasteiger partial charge is 0.415 e. The van der Waals surface area contributed by atoms with Crippen molar-refractivity contribution in [3.8, 4) is 5.75 Å². The summed E-state index contributed by atoms with van der Waals surface area (Å²) in [6, 6.07) is 9.25. The third-order valence-corrected chi connectivity index (χ3v) is 6.30. The fraction of sp³-hybridized carbons (Fsp3) is 0.375. The molecule has 0 saturated carbocycles. The number of carbonyl (C=O) groups is 1. The van der Waals surface area contributed by atoms with Crippen LogP contribution in [0.2, 0.25) is 5.02 Å². The third kappa shape index (κ3) is 4.41. The van der Waals surface area contributed by atoms with E-state index in [1.807, 2.05) is 63.2 Å². The summed E-state index contributed by atoms with van der Waals surface area (Å²) < 4.78 is 11.4. The number of hydrogen-bond acceptors (Lipinski definition) is 7. The van der Waals surface area contributed by atoms with Crippen LogP contribution in [0, 0.1) is 6.92 Å². The van der Waals surface area contributed by atoms with E-state index >= 15 is 0 Å². The van der Waals surface area contributed by atoms with Gasteiger partial charge in [-0.3, -0.25) is 4.90 Å². The number of halogens is 1. The van der Waals surface area contributed by atoms with Gasteiger partial charge in [-0.15, -0.1) is 0 Å². The van der Waals surface area contributed by atoms with Crippen molar-refractivity contribution in [1.82, 2.24) is 14.9 Å². The van der Waals surface area contributed by atoms with Crippen molar-refractivity contribution in [2.45, 2.75) is 32.4 Å². The van der Waals surface area contributed by atoms with E-state index in [1.54, 1.807) is 12.0 Å². The molecule has 1 aromatic heterocycles. The molecule has 1 aliphatic rings. The van der Waals surface area contributed by atoms with Crippen molar-refractivity contribution in [3.05, 3.63) is 47.2 Å². The summed E-state index contributed by atoms with van der Waals surface area (Å²) in [5, 5.41) is 4.79. The number of hydrogen-bond donors (Lipinski definition) is 1. The molecular formula is C24H28ClN5O3. The number of fused-ring (bicyclic) bond motifs is 1. The number of cyclic esters (lactones) is 1. The van der Waals surface area contributed by atoms with Gasteiger partial charge in [-0.25, -0.2) is 14.8 Å². The van der Waals surface area contributed by atoms with Gasteiger partial charge in [0.25, 0.3) is 0 Å². The zero-order chi connectivity index (χ0) is 23.7. The third-order valence-electron chi connectivity index (χ3n) is 5.89. The molecule has 1 amide bonds. The molecule has 33 heavy (non-hydrogen) atoms. The molecule has 0 bridgehead atoms. The van der Waals surface area contributed by atoms with E-state index in [2.05, 4.69) is 15.3 Å². The number of nitrogens with zero attached hydrogens (tertiary/aromatic N) is 4. The van der Waals surface area contributed by atoms with Crippen LogP contribution < -0.4 is 15.0 Å². The number of benzene rings is 2. The van der Waals surface area contributed by atoms with Crippen LogP contribution in [0.15, 0.2) is 36.7 Å². The average molecular weight is 470 g/mol. The lowest BCUT2D eigenvalue weighted by Crippen LogP contribution is -2.40. The Balaban J connectivity index is 1.81. The van der Waals surface area contributed by atoms with Crippen LogP contribution in [0.25, 0.3) is 10.9 Å². The second-order valence-corrected chi connectivity index (χ2v) is 8.74. The molecule has 0 spiro atoms. The van der Waals surface area contributed by atoms with Gasteiger partial charge in [0.05, 0.1) is 24.4 Å². The predicted octanol–water partition coefficient (Wildman–Crippen LogP) is 5.01. The van der Waals surface area contributed by atoms with Gasteiger partial charge in [0.2, 0.25) is 0 Å². The molecule has 174 valence electrons.